The van der Waals surface area contributed by atoms with Crippen LogP contribution >= 0.6 is 0 Å². The van der Waals surface area contributed by atoms with Gasteiger partial charge in [0.05, 0.1) is 5.56 Å². The molecule has 0 aliphatic heterocycles. The molecule has 1 aromatic carbocycles. The Hall–Kier alpha value is -1.42. The molecule has 3 nitrogen and oxygen atoms in total. The molecule has 0 heterocycles. The van der Waals surface area contributed by atoms with Crippen molar-refractivity contribution in [2.45, 2.75) is 20.3 Å². The van der Waals surface area contributed by atoms with Crippen molar-refractivity contribution in [1.82, 2.24) is 10.6 Å². The van der Waals surface area contributed by atoms with Crippen LogP contribution in [0.25, 0.3) is 0 Å². The molecule has 1 aromatic rings. The molecule has 0 bridgehead atoms. The molecule has 17 heavy (non-hydrogen) atoms. The number of carbonyl (C=O) groups is 1. The Morgan fingerprint density at radius 3 is 2.76 bits per heavy atom. The minimum Gasteiger partial charge on any atom is -0.351 e. The number of hydrogen-bond donors (Lipinski definition) is 2. The van der Waals surface area contributed by atoms with E-state index < -0.39 is 5.82 Å². The summed E-state index contributed by atoms with van der Waals surface area (Å²) in [7, 11) is 0. The van der Waals surface area contributed by atoms with Crippen LogP contribution in [0, 0.1) is 12.7 Å². The van der Waals surface area contributed by atoms with E-state index in [2.05, 4.69) is 17.6 Å². The molecule has 0 fully saturated rings. The first-order valence-corrected chi connectivity index (χ1v) is 5.90. The van der Waals surface area contributed by atoms with Crippen molar-refractivity contribution < 1.29 is 9.18 Å². The summed E-state index contributed by atoms with van der Waals surface area (Å²) in [5.41, 5.74) is 0.599. The zero-order chi connectivity index (χ0) is 12.7. The Morgan fingerprint density at radius 2 is 2.06 bits per heavy atom. The number of nitrogens with one attached hydrogen (secondary N) is 2. The lowest BCUT2D eigenvalue weighted by Gasteiger charge is -2.07. The van der Waals surface area contributed by atoms with Gasteiger partial charge < -0.3 is 10.6 Å². The van der Waals surface area contributed by atoms with Gasteiger partial charge in [0.1, 0.15) is 5.82 Å². The van der Waals surface area contributed by atoms with Crippen LogP contribution in [0.15, 0.2) is 18.2 Å². The summed E-state index contributed by atoms with van der Waals surface area (Å²) in [6.45, 7) is 5.86. The molecular formula is C13H19FN2O. The fourth-order valence-corrected chi connectivity index (χ4v) is 1.48. The van der Waals surface area contributed by atoms with Crippen LogP contribution in [0.3, 0.4) is 0 Å². The summed E-state index contributed by atoms with van der Waals surface area (Å²) in [6, 6.07) is 4.83. The topological polar surface area (TPSA) is 41.1 Å². The van der Waals surface area contributed by atoms with Crippen LogP contribution < -0.4 is 10.6 Å². The van der Waals surface area contributed by atoms with Crippen LogP contribution in [0.5, 0.6) is 0 Å². The third-order valence-electron chi connectivity index (χ3n) is 2.45. The van der Waals surface area contributed by atoms with Gasteiger partial charge in [0, 0.05) is 13.1 Å². The summed E-state index contributed by atoms with van der Waals surface area (Å²) >= 11 is 0. The third-order valence-corrected chi connectivity index (χ3v) is 2.45. The number of benzene rings is 1. The van der Waals surface area contributed by atoms with Crippen LogP contribution in [0.2, 0.25) is 0 Å². The highest BCUT2D eigenvalue weighted by Crippen LogP contribution is 2.11. The summed E-state index contributed by atoms with van der Waals surface area (Å²) < 4.78 is 13.6. The molecule has 0 spiro atoms. The summed E-state index contributed by atoms with van der Waals surface area (Å²) in [5.74, 6) is -0.795. The fourth-order valence-electron chi connectivity index (χ4n) is 1.48. The SMILES string of the molecule is CCCNCCNC(=O)c1cccc(C)c1F. The second-order valence-corrected chi connectivity index (χ2v) is 3.94. The van der Waals surface area contributed by atoms with Gasteiger partial charge in [-0.3, -0.25) is 4.79 Å². The van der Waals surface area contributed by atoms with Crippen molar-refractivity contribution in [2.24, 2.45) is 0 Å². The zero-order valence-electron chi connectivity index (χ0n) is 10.3. The summed E-state index contributed by atoms with van der Waals surface area (Å²) in [6.07, 6.45) is 1.06. The molecule has 0 unspecified atom stereocenters. The maximum atomic E-state index is 13.6. The number of rotatable bonds is 6. The minimum absolute atomic E-state index is 0.112. The van der Waals surface area contributed by atoms with E-state index in [1.165, 1.54) is 6.07 Å². The fraction of sp³-hybridized carbons (Fsp3) is 0.462. The van der Waals surface area contributed by atoms with Gasteiger partial charge in [0.2, 0.25) is 0 Å². The van der Waals surface area contributed by atoms with Crippen molar-refractivity contribution in [3.8, 4) is 0 Å². The van der Waals surface area contributed by atoms with Gasteiger partial charge in [-0.15, -0.1) is 0 Å². The van der Waals surface area contributed by atoms with Crippen molar-refractivity contribution in [1.29, 1.82) is 0 Å². The van der Waals surface area contributed by atoms with Gasteiger partial charge in [-0.2, -0.15) is 0 Å². The average molecular weight is 238 g/mol. The van der Waals surface area contributed by atoms with E-state index in [0.29, 0.717) is 18.7 Å². The predicted octanol–water partition coefficient (Wildman–Crippen LogP) is 1.86. The molecule has 0 atom stereocenters. The molecule has 1 rings (SSSR count). The largest absolute Gasteiger partial charge is 0.351 e. The number of hydrogen-bond acceptors (Lipinski definition) is 2. The second-order valence-electron chi connectivity index (χ2n) is 3.94. The molecular weight excluding hydrogens is 219 g/mol. The number of aryl methyl sites for hydroxylation is 1. The van der Waals surface area contributed by atoms with E-state index in [-0.39, 0.29) is 11.5 Å². The monoisotopic (exact) mass is 238 g/mol. The van der Waals surface area contributed by atoms with Crippen molar-refractivity contribution in [3.63, 3.8) is 0 Å². The van der Waals surface area contributed by atoms with Gasteiger partial charge in [-0.1, -0.05) is 19.1 Å². The van der Waals surface area contributed by atoms with Crippen LogP contribution in [-0.4, -0.2) is 25.5 Å². The normalized spacial score (nSPS) is 10.3. The Kier molecular flexibility index (Phi) is 5.63. The van der Waals surface area contributed by atoms with Gasteiger partial charge in [-0.25, -0.2) is 4.39 Å². The highest BCUT2D eigenvalue weighted by molar-refractivity contribution is 5.94. The van der Waals surface area contributed by atoms with Crippen LogP contribution in [0.1, 0.15) is 29.3 Å². The molecule has 0 saturated carbocycles. The summed E-state index contributed by atoms with van der Waals surface area (Å²) in [5, 5.41) is 5.84. The minimum atomic E-state index is -0.438. The van der Waals surface area contributed by atoms with Crippen molar-refractivity contribution >= 4 is 5.91 Å². The quantitative estimate of drug-likeness (QED) is 0.743. The van der Waals surface area contributed by atoms with E-state index in [9.17, 15) is 9.18 Å². The van der Waals surface area contributed by atoms with Crippen LogP contribution in [0.4, 0.5) is 4.39 Å². The molecule has 1 amide bonds. The molecule has 94 valence electrons. The summed E-state index contributed by atoms with van der Waals surface area (Å²) in [4.78, 5) is 11.7. The van der Waals surface area contributed by atoms with E-state index in [1.807, 2.05) is 0 Å². The maximum Gasteiger partial charge on any atom is 0.254 e. The van der Waals surface area contributed by atoms with Gasteiger partial charge in [0.25, 0.3) is 5.91 Å². The van der Waals surface area contributed by atoms with E-state index >= 15 is 0 Å². The van der Waals surface area contributed by atoms with Crippen molar-refractivity contribution in [2.75, 3.05) is 19.6 Å². The lowest BCUT2D eigenvalue weighted by molar-refractivity contribution is 0.0949. The molecule has 4 heteroatoms. The maximum absolute atomic E-state index is 13.6. The Bertz CT molecular complexity index is 380. The molecule has 0 aliphatic rings. The first kappa shape index (κ1) is 13.6. The van der Waals surface area contributed by atoms with E-state index in [4.69, 9.17) is 0 Å². The highest BCUT2D eigenvalue weighted by atomic mass is 19.1. The molecule has 2 N–H and O–H groups in total. The van der Waals surface area contributed by atoms with E-state index in [1.54, 1.807) is 19.1 Å². The smallest absolute Gasteiger partial charge is 0.254 e. The number of halogens is 1. The molecule has 0 aromatic heterocycles. The Morgan fingerprint density at radius 1 is 1.29 bits per heavy atom. The number of carbonyl (C=O) groups excluding carboxylic acids is 1. The lowest BCUT2D eigenvalue weighted by Crippen LogP contribution is -2.32. The van der Waals surface area contributed by atoms with Crippen LogP contribution in [-0.2, 0) is 0 Å². The van der Waals surface area contributed by atoms with Crippen molar-refractivity contribution in [3.05, 3.63) is 35.1 Å². The van der Waals surface area contributed by atoms with Gasteiger partial charge in [0.15, 0.2) is 0 Å². The second kappa shape index (κ2) is 7.01. The van der Waals surface area contributed by atoms with E-state index in [0.717, 1.165) is 13.0 Å². The Labute approximate surface area is 101 Å². The standard InChI is InChI=1S/C13H19FN2O/c1-3-7-15-8-9-16-13(17)11-6-4-5-10(2)12(11)14/h4-6,15H,3,7-9H2,1-2H3,(H,16,17). The molecule has 0 saturated heterocycles. The first-order valence-electron chi connectivity index (χ1n) is 5.90. The average Bonchev–Trinajstić information content (AvgIpc) is 2.32. The molecule has 0 radical (unpaired) electrons. The van der Waals surface area contributed by atoms with Gasteiger partial charge >= 0.3 is 0 Å². The zero-order valence-corrected chi connectivity index (χ0v) is 10.3. The lowest BCUT2D eigenvalue weighted by atomic mass is 10.1. The Balaban J connectivity index is 2.44. The first-order chi connectivity index (χ1) is 8.16. The molecule has 0 aliphatic carbocycles. The highest BCUT2D eigenvalue weighted by Gasteiger charge is 2.11. The van der Waals surface area contributed by atoms with Gasteiger partial charge in [-0.05, 0) is 31.5 Å². The predicted molar refractivity (Wildman–Crippen MR) is 66.6 cm³/mol. The number of amides is 1. The third kappa shape index (κ3) is 4.15.